The van der Waals surface area contributed by atoms with Crippen molar-refractivity contribution < 1.29 is 0 Å². The molecule has 116 valence electrons. The van der Waals surface area contributed by atoms with Gasteiger partial charge in [0.25, 0.3) is 0 Å². The smallest absolute Gasteiger partial charge is 0.133 e. The topological polar surface area (TPSA) is 29.0 Å². The largest absolute Gasteiger partial charge is 0.356 e. The van der Waals surface area contributed by atoms with E-state index in [1.807, 2.05) is 18.2 Å². The van der Waals surface area contributed by atoms with Crippen molar-refractivity contribution in [3.05, 3.63) is 46.2 Å². The first-order chi connectivity index (χ1) is 10.7. The van der Waals surface area contributed by atoms with E-state index in [4.69, 9.17) is 23.2 Å². The molecule has 0 atom stereocenters. The van der Waals surface area contributed by atoms with Gasteiger partial charge >= 0.3 is 0 Å². The number of halogens is 2. The molecule has 2 heterocycles. The summed E-state index contributed by atoms with van der Waals surface area (Å²) in [5, 5.41) is 2.17. The van der Waals surface area contributed by atoms with Gasteiger partial charge in [0.2, 0.25) is 0 Å². The highest BCUT2D eigenvalue weighted by Crippen LogP contribution is 2.28. The lowest BCUT2D eigenvalue weighted by atomic mass is 10.1. The van der Waals surface area contributed by atoms with E-state index in [1.165, 1.54) is 19.3 Å². The molecule has 0 aliphatic carbocycles. The van der Waals surface area contributed by atoms with Gasteiger partial charge in [-0.05, 0) is 37.0 Å². The third-order valence-corrected chi connectivity index (χ3v) is 5.41. The maximum absolute atomic E-state index is 6.05. The molecule has 6 heteroatoms. The van der Waals surface area contributed by atoms with Crippen LogP contribution in [-0.2, 0) is 5.75 Å². The Balaban J connectivity index is 1.66. The van der Waals surface area contributed by atoms with Crippen LogP contribution >= 0.6 is 35.0 Å². The summed E-state index contributed by atoms with van der Waals surface area (Å²) in [6.45, 7) is 2.18. The average Bonchev–Trinajstić information content (AvgIpc) is 2.57. The molecule has 1 saturated heterocycles. The number of piperidine rings is 1. The fraction of sp³-hybridized carbons (Fsp3) is 0.375. The Bertz CT molecular complexity index is 645. The maximum atomic E-state index is 6.05. The molecule has 2 aromatic rings. The molecular weight excluding hydrogens is 337 g/mol. The van der Waals surface area contributed by atoms with Gasteiger partial charge in [-0.25, -0.2) is 9.97 Å². The van der Waals surface area contributed by atoms with Crippen LogP contribution in [0.2, 0.25) is 10.0 Å². The quantitative estimate of drug-likeness (QED) is 0.566. The van der Waals surface area contributed by atoms with Crippen LogP contribution in [-0.4, -0.2) is 23.1 Å². The average molecular weight is 354 g/mol. The molecular formula is C16H17Cl2N3S. The van der Waals surface area contributed by atoms with Crippen molar-refractivity contribution in [2.24, 2.45) is 0 Å². The van der Waals surface area contributed by atoms with Crippen molar-refractivity contribution in [2.45, 2.75) is 30.0 Å². The first-order valence-corrected chi connectivity index (χ1v) is 9.10. The van der Waals surface area contributed by atoms with Crippen LogP contribution < -0.4 is 4.90 Å². The van der Waals surface area contributed by atoms with E-state index >= 15 is 0 Å². The molecule has 3 rings (SSSR count). The summed E-state index contributed by atoms with van der Waals surface area (Å²) in [7, 11) is 0. The minimum atomic E-state index is 0.588. The van der Waals surface area contributed by atoms with E-state index in [1.54, 1.807) is 18.1 Å². The van der Waals surface area contributed by atoms with E-state index in [0.29, 0.717) is 10.0 Å². The molecule has 0 amide bonds. The summed E-state index contributed by atoms with van der Waals surface area (Å²) in [4.78, 5) is 11.1. The molecule has 22 heavy (non-hydrogen) atoms. The Kier molecular flexibility index (Phi) is 5.45. The zero-order chi connectivity index (χ0) is 15.4. The number of anilines is 1. The van der Waals surface area contributed by atoms with Crippen molar-refractivity contribution in [1.29, 1.82) is 0 Å². The second-order valence-corrected chi connectivity index (χ2v) is 7.11. The third-order valence-electron chi connectivity index (χ3n) is 3.68. The number of aromatic nitrogens is 2. The van der Waals surface area contributed by atoms with Gasteiger partial charge in [0.1, 0.15) is 17.2 Å². The van der Waals surface area contributed by atoms with Gasteiger partial charge in [0.05, 0.1) is 10.0 Å². The standard InChI is InChI=1S/C16H17Cl2N3S/c17-13-5-4-12(8-14(13)18)10-22-16-9-15(19-11-20-16)21-6-2-1-3-7-21/h4-5,8-9,11H,1-3,6-7,10H2. The number of hydrogen-bond donors (Lipinski definition) is 0. The van der Waals surface area contributed by atoms with E-state index < -0.39 is 0 Å². The summed E-state index contributed by atoms with van der Waals surface area (Å²) in [6, 6.07) is 7.81. The van der Waals surface area contributed by atoms with Gasteiger partial charge in [-0.3, -0.25) is 0 Å². The fourth-order valence-electron chi connectivity index (χ4n) is 2.49. The predicted molar refractivity (Wildman–Crippen MR) is 94.1 cm³/mol. The van der Waals surface area contributed by atoms with Crippen LogP contribution in [0.15, 0.2) is 35.6 Å². The molecule has 1 aliphatic heterocycles. The lowest BCUT2D eigenvalue weighted by molar-refractivity contribution is 0.572. The van der Waals surface area contributed by atoms with Crippen LogP contribution in [0.3, 0.4) is 0 Å². The summed E-state index contributed by atoms with van der Waals surface area (Å²) in [5.41, 5.74) is 1.14. The molecule has 0 N–H and O–H groups in total. The summed E-state index contributed by atoms with van der Waals surface area (Å²) < 4.78 is 0. The number of hydrogen-bond acceptors (Lipinski definition) is 4. The van der Waals surface area contributed by atoms with Crippen LogP contribution in [0.25, 0.3) is 0 Å². The van der Waals surface area contributed by atoms with Crippen molar-refractivity contribution in [1.82, 2.24) is 9.97 Å². The molecule has 1 aromatic carbocycles. The minimum Gasteiger partial charge on any atom is -0.356 e. The lowest BCUT2D eigenvalue weighted by Gasteiger charge is -2.27. The molecule has 0 bridgehead atoms. The normalized spacial score (nSPS) is 15.1. The number of nitrogens with zero attached hydrogens (tertiary/aromatic N) is 3. The highest BCUT2D eigenvalue weighted by molar-refractivity contribution is 7.98. The van der Waals surface area contributed by atoms with Crippen molar-refractivity contribution in [2.75, 3.05) is 18.0 Å². The number of rotatable bonds is 4. The van der Waals surface area contributed by atoms with Crippen molar-refractivity contribution in [3.63, 3.8) is 0 Å². The molecule has 0 spiro atoms. The van der Waals surface area contributed by atoms with Crippen molar-refractivity contribution in [3.8, 4) is 0 Å². The molecule has 0 unspecified atom stereocenters. The summed E-state index contributed by atoms with van der Waals surface area (Å²) in [6.07, 6.45) is 5.47. The zero-order valence-electron chi connectivity index (χ0n) is 12.1. The zero-order valence-corrected chi connectivity index (χ0v) is 14.5. The van der Waals surface area contributed by atoms with Gasteiger partial charge in [-0.15, -0.1) is 11.8 Å². The Labute approximate surface area is 145 Å². The van der Waals surface area contributed by atoms with Gasteiger partial charge < -0.3 is 4.90 Å². The second-order valence-electron chi connectivity index (χ2n) is 5.30. The maximum Gasteiger partial charge on any atom is 0.133 e. The Hall–Kier alpha value is -0.970. The molecule has 1 fully saturated rings. The molecule has 1 aliphatic rings. The molecule has 0 saturated carbocycles. The van der Waals surface area contributed by atoms with Gasteiger partial charge in [-0.1, -0.05) is 29.3 Å². The van der Waals surface area contributed by atoms with Crippen LogP contribution in [0, 0.1) is 0 Å². The summed E-state index contributed by atoms with van der Waals surface area (Å²) in [5.74, 6) is 1.85. The highest BCUT2D eigenvalue weighted by atomic mass is 35.5. The highest BCUT2D eigenvalue weighted by Gasteiger charge is 2.13. The monoisotopic (exact) mass is 353 g/mol. The van der Waals surface area contributed by atoms with Crippen LogP contribution in [0.5, 0.6) is 0 Å². The first-order valence-electron chi connectivity index (χ1n) is 7.36. The minimum absolute atomic E-state index is 0.588. The van der Waals surface area contributed by atoms with E-state index in [2.05, 4.69) is 20.9 Å². The number of benzene rings is 1. The lowest BCUT2D eigenvalue weighted by Crippen LogP contribution is -2.30. The van der Waals surface area contributed by atoms with Crippen molar-refractivity contribution >= 4 is 40.8 Å². The molecule has 0 radical (unpaired) electrons. The van der Waals surface area contributed by atoms with E-state index in [9.17, 15) is 0 Å². The van der Waals surface area contributed by atoms with Crippen LogP contribution in [0.1, 0.15) is 24.8 Å². The second kappa shape index (κ2) is 7.53. The Morgan fingerprint density at radius 2 is 1.82 bits per heavy atom. The third kappa shape index (κ3) is 4.06. The summed E-state index contributed by atoms with van der Waals surface area (Å²) >= 11 is 13.7. The van der Waals surface area contributed by atoms with Gasteiger partial charge in [0, 0.05) is 24.9 Å². The SMILES string of the molecule is Clc1ccc(CSc2cc(N3CCCCC3)ncn2)cc1Cl. The van der Waals surface area contributed by atoms with E-state index in [0.717, 1.165) is 35.2 Å². The predicted octanol–water partition coefficient (Wildman–Crippen LogP) is 5.07. The van der Waals surface area contributed by atoms with Crippen LogP contribution in [0.4, 0.5) is 5.82 Å². The Morgan fingerprint density at radius 1 is 1.00 bits per heavy atom. The fourth-order valence-corrected chi connectivity index (χ4v) is 3.62. The van der Waals surface area contributed by atoms with E-state index in [-0.39, 0.29) is 0 Å². The first kappa shape index (κ1) is 15.9. The number of thioether (sulfide) groups is 1. The van der Waals surface area contributed by atoms with Gasteiger partial charge in [0.15, 0.2) is 0 Å². The molecule has 3 nitrogen and oxygen atoms in total. The van der Waals surface area contributed by atoms with Gasteiger partial charge in [-0.2, -0.15) is 0 Å². The Morgan fingerprint density at radius 3 is 2.59 bits per heavy atom. The molecule has 1 aromatic heterocycles.